The summed E-state index contributed by atoms with van der Waals surface area (Å²) in [5.74, 6) is 0.662. The van der Waals surface area contributed by atoms with Crippen LogP contribution in [0.1, 0.15) is 26.3 Å². The first-order valence-corrected chi connectivity index (χ1v) is 5.93. The van der Waals surface area contributed by atoms with Crippen LogP contribution in [0.25, 0.3) is 0 Å². The Kier molecular flexibility index (Phi) is 4.09. The van der Waals surface area contributed by atoms with Crippen LogP contribution in [0.5, 0.6) is 5.75 Å². The van der Waals surface area contributed by atoms with E-state index in [1.807, 2.05) is 52.0 Å². The third-order valence-electron chi connectivity index (χ3n) is 1.62. The van der Waals surface area contributed by atoms with E-state index in [-0.39, 0.29) is 0 Å². The zero-order chi connectivity index (χ0) is 11.5. The Morgan fingerprint density at radius 3 is 2.33 bits per heavy atom. The normalized spacial score (nSPS) is 13.7. The Balaban J connectivity index is 2.59. The smallest absolute Gasteiger partial charge is 0.394 e. The second kappa shape index (κ2) is 4.93. The molecule has 84 valence electrons. The molecule has 0 heterocycles. The molecule has 0 aliphatic heterocycles. The highest BCUT2D eigenvalue weighted by atomic mass is 31.2. The minimum absolute atomic E-state index is 0.400. The molecule has 0 saturated heterocycles. The molecule has 0 aliphatic rings. The van der Waals surface area contributed by atoms with E-state index in [4.69, 9.17) is 9.05 Å². The van der Waals surface area contributed by atoms with E-state index in [0.29, 0.717) is 5.75 Å². The number of aryl methyl sites for hydroxylation is 1. The summed E-state index contributed by atoms with van der Waals surface area (Å²) < 4.78 is 10.6. The van der Waals surface area contributed by atoms with Gasteiger partial charge in [-0.05, 0) is 39.3 Å². The van der Waals surface area contributed by atoms with Gasteiger partial charge in [-0.25, -0.2) is 0 Å². The van der Waals surface area contributed by atoms with Crippen LogP contribution < -0.4 is 4.52 Å². The molecule has 0 radical (unpaired) electrons. The van der Waals surface area contributed by atoms with Crippen molar-refractivity contribution >= 4 is 8.60 Å². The van der Waals surface area contributed by atoms with E-state index in [9.17, 15) is 4.89 Å². The fraction of sp³-hybridized carbons (Fsp3) is 0.455. The minimum Gasteiger partial charge on any atom is -0.427 e. The van der Waals surface area contributed by atoms with Gasteiger partial charge in [0.25, 0.3) is 0 Å². The molecule has 1 rings (SSSR count). The second-order valence-electron chi connectivity index (χ2n) is 4.30. The van der Waals surface area contributed by atoms with Crippen LogP contribution >= 0.6 is 8.60 Å². The van der Waals surface area contributed by atoms with Crippen LogP contribution in [0, 0.1) is 6.92 Å². The van der Waals surface area contributed by atoms with Crippen molar-refractivity contribution in [3.05, 3.63) is 29.8 Å². The fourth-order valence-electron chi connectivity index (χ4n) is 0.996. The molecule has 1 aromatic rings. The maximum absolute atomic E-state index is 9.58. The monoisotopic (exact) mass is 228 g/mol. The third-order valence-corrected chi connectivity index (χ3v) is 2.68. The van der Waals surface area contributed by atoms with Crippen molar-refractivity contribution in [1.29, 1.82) is 0 Å². The van der Waals surface area contributed by atoms with Gasteiger partial charge >= 0.3 is 8.60 Å². The lowest BCUT2D eigenvalue weighted by Gasteiger charge is -2.22. The summed E-state index contributed by atoms with van der Waals surface area (Å²) >= 11 is 0. The Morgan fingerprint density at radius 2 is 1.80 bits per heavy atom. The lowest BCUT2D eigenvalue weighted by atomic mass is 10.2. The maximum atomic E-state index is 9.58. The maximum Gasteiger partial charge on any atom is 0.394 e. The van der Waals surface area contributed by atoms with Gasteiger partial charge in [0, 0.05) is 0 Å². The van der Waals surface area contributed by atoms with Crippen molar-refractivity contribution in [3.63, 3.8) is 0 Å². The van der Waals surface area contributed by atoms with E-state index < -0.39 is 14.2 Å². The summed E-state index contributed by atoms with van der Waals surface area (Å²) in [5.41, 5.74) is 0.583. The van der Waals surface area contributed by atoms with E-state index >= 15 is 0 Å². The van der Waals surface area contributed by atoms with Crippen LogP contribution in [0.4, 0.5) is 0 Å². The van der Waals surface area contributed by atoms with Crippen molar-refractivity contribution in [2.75, 3.05) is 0 Å². The van der Waals surface area contributed by atoms with Gasteiger partial charge in [0.2, 0.25) is 0 Å². The van der Waals surface area contributed by atoms with Gasteiger partial charge in [-0.15, -0.1) is 0 Å². The Hall–Kier alpha value is -0.630. The lowest BCUT2D eigenvalue weighted by Crippen LogP contribution is -2.17. The molecule has 0 fully saturated rings. The van der Waals surface area contributed by atoms with Crippen molar-refractivity contribution in [1.82, 2.24) is 0 Å². The highest BCUT2D eigenvalue weighted by Gasteiger charge is 2.20. The Labute approximate surface area is 92.0 Å². The standard InChI is InChI=1S/C11H17O3P/c1-9-7-5-6-8-10(9)13-15(12)14-11(2,3)4/h5-8,12H,1-4H3. The topological polar surface area (TPSA) is 38.7 Å². The average Bonchev–Trinajstić information content (AvgIpc) is 2.05. The molecule has 4 heteroatoms. The van der Waals surface area contributed by atoms with Crippen LogP contribution in [-0.2, 0) is 4.52 Å². The molecule has 0 amide bonds. The van der Waals surface area contributed by atoms with Gasteiger partial charge in [0.15, 0.2) is 0 Å². The van der Waals surface area contributed by atoms with Gasteiger partial charge in [-0.3, -0.25) is 4.52 Å². The van der Waals surface area contributed by atoms with Crippen molar-refractivity contribution in [3.8, 4) is 5.75 Å². The molecule has 3 nitrogen and oxygen atoms in total. The number of hydrogen-bond acceptors (Lipinski definition) is 3. The second-order valence-corrected chi connectivity index (χ2v) is 5.14. The number of rotatable bonds is 3. The molecule has 1 N–H and O–H groups in total. The van der Waals surface area contributed by atoms with Crippen molar-refractivity contribution in [2.24, 2.45) is 0 Å². The minimum atomic E-state index is -1.86. The van der Waals surface area contributed by atoms with E-state index in [2.05, 4.69) is 0 Å². The zero-order valence-electron chi connectivity index (χ0n) is 9.52. The van der Waals surface area contributed by atoms with Crippen LogP contribution in [0.15, 0.2) is 24.3 Å². The van der Waals surface area contributed by atoms with Gasteiger partial charge in [-0.1, -0.05) is 18.2 Å². The summed E-state index contributed by atoms with van der Waals surface area (Å²) in [7, 11) is -1.86. The predicted octanol–water partition coefficient (Wildman–Crippen LogP) is 3.41. The highest BCUT2D eigenvalue weighted by molar-refractivity contribution is 7.41. The quantitative estimate of drug-likeness (QED) is 0.806. The molecule has 0 aromatic heterocycles. The zero-order valence-corrected chi connectivity index (χ0v) is 10.4. The lowest BCUT2D eigenvalue weighted by molar-refractivity contribution is 0.112. The first-order chi connectivity index (χ1) is 6.88. The molecule has 0 spiro atoms. The number of para-hydroxylation sites is 1. The summed E-state index contributed by atoms with van der Waals surface area (Å²) in [6, 6.07) is 7.53. The van der Waals surface area contributed by atoms with Crippen molar-refractivity contribution < 1.29 is 13.9 Å². The highest BCUT2D eigenvalue weighted by Crippen LogP contribution is 2.40. The summed E-state index contributed by atoms with van der Waals surface area (Å²) in [6.45, 7) is 7.55. The predicted molar refractivity (Wildman–Crippen MR) is 61.8 cm³/mol. The Bertz CT molecular complexity index is 320. The Morgan fingerprint density at radius 1 is 1.20 bits per heavy atom. The van der Waals surface area contributed by atoms with E-state index in [1.165, 1.54) is 0 Å². The summed E-state index contributed by atoms with van der Waals surface area (Å²) in [6.07, 6.45) is 0. The molecule has 0 aliphatic carbocycles. The van der Waals surface area contributed by atoms with Gasteiger partial charge < -0.3 is 9.42 Å². The first kappa shape index (κ1) is 12.4. The third kappa shape index (κ3) is 4.61. The molecule has 15 heavy (non-hydrogen) atoms. The molecule has 0 bridgehead atoms. The SMILES string of the molecule is Cc1ccccc1OP(O)OC(C)(C)C. The van der Waals surface area contributed by atoms with Crippen LogP contribution in [0.2, 0.25) is 0 Å². The molecular formula is C11H17O3P. The molecule has 0 saturated carbocycles. The summed E-state index contributed by atoms with van der Waals surface area (Å²) in [4.78, 5) is 9.58. The van der Waals surface area contributed by atoms with E-state index in [0.717, 1.165) is 5.56 Å². The van der Waals surface area contributed by atoms with Gasteiger partial charge in [0.05, 0.1) is 5.60 Å². The largest absolute Gasteiger partial charge is 0.427 e. The average molecular weight is 228 g/mol. The molecule has 1 unspecified atom stereocenters. The fourth-order valence-corrected chi connectivity index (χ4v) is 1.87. The van der Waals surface area contributed by atoms with Gasteiger partial charge in [0.1, 0.15) is 5.75 Å². The molecule has 1 aromatic carbocycles. The van der Waals surface area contributed by atoms with Crippen LogP contribution in [-0.4, -0.2) is 10.5 Å². The summed E-state index contributed by atoms with van der Waals surface area (Å²) in [5, 5.41) is 0. The molecule has 1 atom stereocenters. The van der Waals surface area contributed by atoms with E-state index in [1.54, 1.807) is 0 Å². The molecular weight excluding hydrogens is 211 g/mol. The van der Waals surface area contributed by atoms with Crippen molar-refractivity contribution in [2.45, 2.75) is 33.3 Å². The number of benzene rings is 1. The van der Waals surface area contributed by atoms with Gasteiger partial charge in [-0.2, -0.15) is 0 Å². The first-order valence-electron chi connectivity index (χ1n) is 4.80. The number of hydrogen-bond donors (Lipinski definition) is 1. The van der Waals surface area contributed by atoms with Crippen LogP contribution in [0.3, 0.4) is 0 Å².